The van der Waals surface area contributed by atoms with Crippen LogP contribution in [0.3, 0.4) is 0 Å². The van der Waals surface area contributed by atoms with Gasteiger partial charge in [-0.25, -0.2) is 0 Å². The Bertz CT molecular complexity index is 503. The highest BCUT2D eigenvalue weighted by atomic mass is 15.2. The summed E-state index contributed by atoms with van der Waals surface area (Å²) >= 11 is 0. The molecule has 2 aromatic rings. The zero-order valence-electron chi connectivity index (χ0n) is 11.1. The van der Waals surface area contributed by atoms with Crippen LogP contribution in [0.2, 0.25) is 0 Å². The Balaban J connectivity index is 2.32. The van der Waals surface area contributed by atoms with Crippen molar-refractivity contribution in [3.63, 3.8) is 0 Å². The summed E-state index contributed by atoms with van der Waals surface area (Å²) in [5, 5.41) is 2.40. The highest BCUT2D eigenvalue weighted by Gasteiger charge is 2.14. The van der Waals surface area contributed by atoms with Gasteiger partial charge < -0.3 is 0 Å². The van der Waals surface area contributed by atoms with Crippen LogP contribution < -0.4 is 11.3 Å². The molecule has 1 aromatic heterocycles. The molecule has 1 unspecified atom stereocenters. The lowest BCUT2D eigenvalue weighted by atomic mass is 9.98. The fourth-order valence-corrected chi connectivity index (χ4v) is 2.22. The Morgan fingerprint density at radius 2 is 1.94 bits per heavy atom. The summed E-state index contributed by atoms with van der Waals surface area (Å²) in [4.78, 5) is 4.51. The molecule has 2 rings (SSSR count). The van der Waals surface area contributed by atoms with Crippen LogP contribution in [-0.2, 0) is 0 Å². The molecule has 3 heteroatoms. The molecule has 3 N–H and O–H groups in total. The second kappa shape index (κ2) is 5.94. The minimum atomic E-state index is 0.124. The van der Waals surface area contributed by atoms with Gasteiger partial charge in [-0.15, -0.1) is 0 Å². The van der Waals surface area contributed by atoms with Gasteiger partial charge in [-0.05, 0) is 30.2 Å². The fourth-order valence-electron chi connectivity index (χ4n) is 2.22. The quantitative estimate of drug-likeness (QED) is 0.626. The first-order chi connectivity index (χ1) is 8.72. The number of rotatable bonds is 5. The summed E-state index contributed by atoms with van der Waals surface area (Å²) in [5.41, 5.74) is 3.96. The number of nitrogens with two attached hydrogens (primary N) is 1. The Morgan fingerprint density at radius 3 is 2.67 bits per heavy atom. The lowest BCUT2D eigenvalue weighted by Gasteiger charge is -2.18. The number of fused-ring (bicyclic) bond motifs is 1. The zero-order chi connectivity index (χ0) is 13.0. The average Bonchev–Trinajstić information content (AvgIpc) is 2.39. The maximum atomic E-state index is 5.69. The Morgan fingerprint density at radius 1 is 1.17 bits per heavy atom. The van der Waals surface area contributed by atoms with Gasteiger partial charge in [-0.2, -0.15) is 0 Å². The molecule has 0 aliphatic carbocycles. The summed E-state index contributed by atoms with van der Waals surface area (Å²) in [6, 6.07) is 10.5. The van der Waals surface area contributed by atoms with Gasteiger partial charge in [0.1, 0.15) is 0 Å². The Labute approximate surface area is 108 Å². The van der Waals surface area contributed by atoms with Crippen molar-refractivity contribution >= 4 is 10.8 Å². The maximum absolute atomic E-state index is 5.69. The molecule has 96 valence electrons. The fraction of sp³-hybridized carbons (Fsp3) is 0.400. The number of aromatic nitrogens is 1. The number of hydrazine groups is 1. The number of benzene rings is 1. The largest absolute Gasteiger partial charge is 0.271 e. The predicted molar refractivity (Wildman–Crippen MR) is 75.9 cm³/mol. The summed E-state index contributed by atoms with van der Waals surface area (Å²) in [5.74, 6) is 6.37. The number of hydrogen-bond acceptors (Lipinski definition) is 3. The normalized spacial score (nSPS) is 13.1. The van der Waals surface area contributed by atoms with Gasteiger partial charge in [0, 0.05) is 11.6 Å². The second-order valence-electron chi connectivity index (χ2n) is 5.11. The molecule has 0 saturated heterocycles. The van der Waals surface area contributed by atoms with E-state index in [4.69, 9.17) is 5.84 Å². The van der Waals surface area contributed by atoms with Crippen molar-refractivity contribution in [1.82, 2.24) is 10.4 Å². The van der Waals surface area contributed by atoms with E-state index in [-0.39, 0.29) is 6.04 Å². The highest BCUT2D eigenvalue weighted by Crippen LogP contribution is 2.25. The highest BCUT2D eigenvalue weighted by molar-refractivity contribution is 5.84. The third-order valence-corrected chi connectivity index (χ3v) is 3.27. The Hall–Kier alpha value is -1.45. The predicted octanol–water partition coefficient (Wildman–Crippen LogP) is 3.18. The zero-order valence-corrected chi connectivity index (χ0v) is 11.1. The van der Waals surface area contributed by atoms with E-state index in [1.807, 2.05) is 24.4 Å². The molecule has 18 heavy (non-hydrogen) atoms. The Kier molecular flexibility index (Phi) is 4.28. The van der Waals surface area contributed by atoms with E-state index >= 15 is 0 Å². The van der Waals surface area contributed by atoms with Crippen LogP contribution in [0.4, 0.5) is 0 Å². The molecule has 0 aliphatic heterocycles. The summed E-state index contributed by atoms with van der Waals surface area (Å²) in [7, 11) is 0. The van der Waals surface area contributed by atoms with Crippen molar-refractivity contribution in [2.75, 3.05) is 0 Å². The van der Waals surface area contributed by atoms with Crippen LogP contribution in [0, 0.1) is 5.92 Å². The van der Waals surface area contributed by atoms with E-state index in [1.54, 1.807) is 0 Å². The SMILES string of the molecule is CC(C)CCC(NN)c1nccc2ccccc12. The lowest BCUT2D eigenvalue weighted by molar-refractivity contribution is 0.443. The topological polar surface area (TPSA) is 50.9 Å². The molecule has 0 amide bonds. The van der Waals surface area contributed by atoms with Gasteiger partial charge >= 0.3 is 0 Å². The van der Waals surface area contributed by atoms with Crippen LogP contribution >= 0.6 is 0 Å². The molecule has 1 atom stereocenters. The van der Waals surface area contributed by atoms with Gasteiger partial charge in [0.15, 0.2) is 0 Å². The van der Waals surface area contributed by atoms with Crippen molar-refractivity contribution in [2.24, 2.45) is 11.8 Å². The van der Waals surface area contributed by atoms with E-state index in [0.29, 0.717) is 5.92 Å². The van der Waals surface area contributed by atoms with Crippen molar-refractivity contribution in [3.8, 4) is 0 Å². The van der Waals surface area contributed by atoms with Crippen molar-refractivity contribution in [1.29, 1.82) is 0 Å². The average molecular weight is 243 g/mol. The number of hydrogen-bond donors (Lipinski definition) is 2. The summed E-state index contributed by atoms with van der Waals surface area (Å²) < 4.78 is 0. The van der Waals surface area contributed by atoms with Crippen LogP contribution in [0.5, 0.6) is 0 Å². The lowest BCUT2D eigenvalue weighted by Crippen LogP contribution is -2.29. The van der Waals surface area contributed by atoms with Crippen molar-refractivity contribution in [3.05, 3.63) is 42.2 Å². The number of nitrogens with zero attached hydrogens (tertiary/aromatic N) is 1. The standard InChI is InChI=1S/C15H21N3/c1-11(2)7-8-14(18-16)15-13-6-4-3-5-12(13)9-10-17-15/h3-6,9-11,14,18H,7-8,16H2,1-2H3. The number of pyridine rings is 1. The molecule has 1 aromatic carbocycles. The third kappa shape index (κ3) is 2.86. The molecular formula is C15H21N3. The van der Waals surface area contributed by atoms with Crippen LogP contribution in [0.15, 0.2) is 36.5 Å². The van der Waals surface area contributed by atoms with E-state index < -0.39 is 0 Å². The van der Waals surface area contributed by atoms with Gasteiger partial charge in [-0.1, -0.05) is 38.1 Å². The van der Waals surface area contributed by atoms with Crippen LogP contribution in [0.25, 0.3) is 10.8 Å². The van der Waals surface area contributed by atoms with E-state index in [2.05, 4.69) is 36.4 Å². The first-order valence-corrected chi connectivity index (χ1v) is 6.52. The molecule has 0 aliphatic rings. The van der Waals surface area contributed by atoms with Crippen molar-refractivity contribution < 1.29 is 0 Å². The van der Waals surface area contributed by atoms with E-state index in [1.165, 1.54) is 10.8 Å². The molecule has 0 saturated carbocycles. The monoisotopic (exact) mass is 243 g/mol. The van der Waals surface area contributed by atoms with Gasteiger partial charge in [-0.3, -0.25) is 16.3 Å². The molecular weight excluding hydrogens is 222 g/mol. The van der Waals surface area contributed by atoms with Gasteiger partial charge in [0.25, 0.3) is 0 Å². The molecule has 0 fully saturated rings. The third-order valence-electron chi connectivity index (χ3n) is 3.27. The van der Waals surface area contributed by atoms with Crippen molar-refractivity contribution in [2.45, 2.75) is 32.7 Å². The molecule has 1 heterocycles. The molecule has 0 bridgehead atoms. The van der Waals surface area contributed by atoms with Crippen LogP contribution in [-0.4, -0.2) is 4.98 Å². The maximum Gasteiger partial charge on any atom is 0.0664 e. The second-order valence-corrected chi connectivity index (χ2v) is 5.11. The molecule has 0 radical (unpaired) electrons. The van der Waals surface area contributed by atoms with Crippen LogP contribution in [0.1, 0.15) is 38.4 Å². The van der Waals surface area contributed by atoms with E-state index in [0.717, 1.165) is 18.5 Å². The molecule has 3 nitrogen and oxygen atoms in total. The van der Waals surface area contributed by atoms with Gasteiger partial charge in [0.05, 0.1) is 11.7 Å². The first-order valence-electron chi connectivity index (χ1n) is 6.52. The minimum absolute atomic E-state index is 0.124. The smallest absolute Gasteiger partial charge is 0.0664 e. The summed E-state index contributed by atoms with van der Waals surface area (Å²) in [6.07, 6.45) is 4.01. The summed E-state index contributed by atoms with van der Waals surface area (Å²) in [6.45, 7) is 4.45. The van der Waals surface area contributed by atoms with E-state index in [9.17, 15) is 0 Å². The van der Waals surface area contributed by atoms with Gasteiger partial charge in [0.2, 0.25) is 0 Å². The minimum Gasteiger partial charge on any atom is -0.271 e. The molecule has 0 spiro atoms. The number of nitrogens with one attached hydrogen (secondary N) is 1. The first kappa shape index (κ1) is 13.0.